The average Bonchev–Trinajstić information content (AvgIpc) is 3.50. The summed E-state index contributed by atoms with van der Waals surface area (Å²) in [6.45, 7) is 1.58. The van der Waals surface area contributed by atoms with Crippen LogP contribution in [0.2, 0.25) is 10.0 Å². The van der Waals surface area contributed by atoms with Crippen molar-refractivity contribution in [3.63, 3.8) is 0 Å². The molecule has 1 aromatic heterocycles. The lowest BCUT2D eigenvalue weighted by Crippen LogP contribution is -2.31. The quantitative estimate of drug-likeness (QED) is 0.442. The van der Waals surface area contributed by atoms with Gasteiger partial charge in [-0.2, -0.15) is 0 Å². The molecule has 1 atom stereocenters. The number of carbonyl (C=O) groups excluding carboxylic acids is 1. The summed E-state index contributed by atoms with van der Waals surface area (Å²) < 4.78 is 16.9. The zero-order chi connectivity index (χ0) is 22.5. The van der Waals surface area contributed by atoms with Crippen LogP contribution in [-0.2, 0) is 11.3 Å². The van der Waals surface area contributed by atoms with Crippen LogP contribution < -0.4 is 14.8 Å². The Bertz CT molecular complexity index is 1100. The summed E-state index contributed by atoms with van der Waals surface area (Å²) in [5.41, 5.74) is 2.12. The maximum Gasteiger partial charge on any atom is 0.270 e. The highest BCUT2D eigenvalue weighted by atomic mass is 35.5. The van der Waals surface area contributed by atoms with Gasteiger partial charge in [0.2, 0.25) is 0 Å². The third-order valence-electron chi connectivity index (χ3n) is 5.04. The van der Waals surface area contributed by atoms with Gasteiger partial charge in [-0.3, -0.25) is 4.79 Å². The zero-order valence-corrected chi connectivity index (χ0v) is 19.7. The first kappa shape index (κ1) is 22.9. The van der Waals surface area contributed by atoms with E-state index in [1.807, 2.05) is 24.3 Å². The lowest BCUT2D eigenvalue weighted by molar-refractivity contribution is 0.0854. The molecule has 2 aromatic carbocycles. The summed E-state index contributed by atoms with van der Waals surface area (Å²) in [6.07, 6.45) is 2.11. The zero-order valence-electron chi connectivity index (χ0n) is 17.4. The van der Waals surface area contributed by atoms with E-state index in [9.17, 15) is 4.79 Å². The van der Waals surface area contributed by atoms with Crippen LogP contribution in [0, 0.1) is 0 Å². The molecule has 32 heavy (non-hydrogen) atoms. The fourth-order valence-corrected chi connectivity index (χ4v) is 4.44. The number of benzene rings is 2. The second-order valence-electron chi connectivity index (χ2n) is 7.29. The molecular formula is C23H22Cl2N2O4S. The highest BCUT2D eigenvalue weighted by Crippen LogP contribution is 2.34. The lowest BCUT2D eigenvalue weighted by Gasteiger charge is -2.12. The van der Waals surface area contributed by atoms with Gasteiger partial charge in [0.25, 0.3) is 5.91 Å². The second kappa shape index (κ2) is 10.5. The Balaban J connectivity index is 1.41. The van der Waals surface area contributed by atoms with Crippen LogP contribution in [0.5, 0.6) is 11.5 Å². The number of aromatic nitrogens is 1. The number of carbonyl (C=O) groups is 1. The standard InChI is InChI=1S/C23H22Cl2N2O4S/c1-29-21-10-15(5-7-20(21)31-12-14-4-6-17(24)18(25)9-14)23-27-19(13-32-23)22(28)26-11-16-3-2-8-30-16/h4-7,9-10,13,16H,2-3,8,11-12H2,1H3,(H,26,28)/t16-/m1/s1. The van der Waals surface area contributed by atoms with Crippen molar-refractivity contribution in [3.05, 3.63) is 63.1 Å². The molecule has 1 amide bonds. The van der Waals surface area contributed by atoms with Crippen LogP contribution >= 0.6 is 34.5 Å². The monoisotopic (exact) mass is 492 g/mol. The van der Waals surface area contributed by atoms with Crippen molar-refractivity contribution in [2.75, 3.05) is 20.3 Å². The molecule has 6 nitrogen and oxygen atoms in total. The predicted molar refractivity (Wildman–Crippen MR) is 126 cm³/mol. The topological polar surface area (TPSA) is 69.7 Å². The highest BCUT2D eigenvalue weighted by Gasteiger charge is 2.18. The Labute approximate surface area is 200 Å². The Morgan fingerprint density at radius 3 is 2.84 bits per heavy atom. The van der Waals surface area contributed by atoms with Gasteiger partial charge >= 0.3 is 0 Å². The Hall–Kier alpha value is -2.32. The maximum atomic E-state index is 12.4. The fraction of sp³-hybridized carbons (Fsp3) is 0.304. The van der Waals surface area contributed by atoms with E-state index >= 15 is 0 Å². The van der Waals surface area contributed by atoms with E-state index in [2.05, 4.69) is 10.3 Å². The number of hydrogen-bond donors (Lipinski definition) is 1. The molecule has 0 spiro atoms. The fourth-order valence-electron chi connectivity index (χ4n) is 3.32. The maximum absolute atomic E-state index is 12.4. The summed E-state index contributed by atoms with van der Waals surface area (Å²) >= 11 is 13.4. The van der Waals surface area contributed by atoms with Crippen molar-refractivity contribution < 1.29 is 19.0 Å². The van der Waals surface area contributed by atoms with Crippen LogP contribution in [0.25, 0.3) is 10.6 Å². The largest absolute Gasteiger partial charge is 0.493 e. The molecule has 1 saturated heterocycles. The van der Waals surface area contributed by atoms with Gasteiger partial charge in [0.1, 0.15) is 17.3 Å². The molecule has 1 fully saturated rings. The molecule has 9 heteroatoms. The van der Waals surface area contributed by atoms with Gasteiger partial charge in [-0.25, -0.2) is 4.98 Å². The molecular weight excluding hydrogens is 471 g/mol. The predicted octanol–water partition coefficient (Wildman–Crippen LogP) is 5.61. The summed E-state index contributed by atoms with van der Waals surface area (Å²) in [7, 11) is 1.58. The minimum Gasteiger partial charge on any atom is -0.493 e. The summed E-state index contributed by atoms with van der Waals surface area (Å²) in [6, 6.07) is 10.9. The van der Waals surface area contributed by atoms with Crippen LogP contribution in [0.3, 0.4) is 0 Å². The van der Waals surface area contributed by atoms with Gasteiger partial charge in [-0.05, 0) is 48.7 Å². The molecule has 0 unspecified atom stereocenters. The molecule has 0 saturated carbocycles. The van der Waals surface area contributed by atoms with Crippen LogP contribution in [0.15, 0.2) is 41.8 Å². The van der Waals surface area contributed by atoms with Crippen molar-refractivity contribution >= 4 is 40.4 Å². The molecule has 3 aromatic rings. The summed E-state index contributed by atoms with van der Waals surface area (Å²) in [4.78, 5) is 16.9. The lowest BCUT2D eigenvalue weighted by atomic mass is 10.2. The third-order valence-corrected chi connectivity index (χ3v) is 6.67. The number of ether oxygens (including phenoxy) is 3. The Kier molecular flexibility index (Phi) is 7.52. The van der Waals surface area contributed by atoms with E-state index in [-0.39, 0.29) is 12.0 Å². The number of thiazole rings is 1. The van der Waals surface area contributed by atoms with Gasteiger partial charge in [0.05, 0.1) is 23.3 Å². The van der Waals surface area contributed by atoms with Crippen molar-refractivity contribution in [1.29, 1.82) is 0 Å². The van der Waals surface area contributed by atoms with Gasteiger partial charge in [-0.1, -0.05) is 29.3 Å². The molecule has 1 aliphatic heterocycles. The highest BCUT2D eigenvalue weighted by molar-refractivity contribution is 7.13. The van der Waals surface area contributed by atoms with Crippen molar-refractivity contribution in [1.82, 2.24) is 10.3 Å². The van der Waals surface area contributed by atoms with E-state index in [0.717, 1.165) is 35.6 Å². The number of hydrogen-bond acceptors (Lipinski definition) is 6. The van der Waals surface area contributed by atoms with E-state index in [0.29, 0.717) is 40.4 Å². The van der Waals surface area contributed by atoms with Crippen molar-refractivity contribution in [2.24, 2.45) is 0 Å². The number of nitrogens with one attached hydrogen (secondary N) is 1. The smallest absolute Gasteiger partial charge is 0.270 e. The van der Waals surface area contributed by atoms with Crippen LogP contribution in [-0.4, -0.2) is 37.3 Å². The number of methoxy groups -OCH3 is 1. The molecule has 1 aliphatic rings. The molecule has 0 aliphatic carbocycles. The molecule has 2 heterocycles. The number of nitrogens with zero attached hydrogens (tertiary/aromatic N) is 1. The molecule has 1 N–H and O–H groups in total. The third kappa shape index (κ3) is 5.53. The Morgan fingerprint density at radius 2 is 2.09 bits per heavy atom. The van der Waals surface area contributed by atoms with E-state index in [4.69, 9.17) is 37.4 Å². The number of halogens is 2. The number of rotatable bonds is 8. The Morgan fingerprint density at radius 1 is 1.22 bits per heavy atom. The first-order valence-corrected chi connectivity index (χ1v) is 11.8. The first-order valence-electron chi connectivity index (χ1n) is 10.1. The molecule has 0 radical (unpaired) electrons. The van der Waals surface area contributed by atoms with Crippen molar-refractivity contribution in [3.8, 4) is 22.1 Å². The summed E-state index contributed by atoms with van der Waals surface area (Å²) in [5.74, 6) is 0.965. The van der Waals surface area contributed by atoms with E-state index in [1.165, 1.54) is 11.3 Å². The van der Waals surface area contributed by atoms with Crippen LogP contribution in [0.4, 0.5) is 0 Å². The van der Waals surface area contributed by atoms with Gasteiger partial charge in [0, 0.05) is 24.1 Å². The van der Waals surface area contributed by atoms with Gasteiger partial charge in [-0.15, -0.1) is 11.3 Å². The van der Waals surface area contributed by atoms with Crippen molar-refractivity contribution in [2.45, 2.75) is 25.6 Å². The molecule has 4 rings (SSSR count). The first-order chi connectivity index (χ1) is 15.5. The summed E-state index contributed by atoms with van der Waals surface area (Å²) in [5, 5.41) is 6.35. The minimum atomic E-state index is -0.198. The minimum absolute atomic E-state index is 0.0951. The molecule has 168 valence electrons. The number of amides is 1. The molecule has 0 bridgehead atoms. The van der Waals surface area contributed by atoms with Crippen LogP contribution in [0.1, 0.15) is 28.9 Å². The SMILES string of the molecule is COc1cc(-c2nc(C(=O)NC[C@H]3CCCO3)cs2)ccc1OCc1ccc(Cl)c(Cl)c1. The second-order valence-corrected chi connectivity index (χ2v) is 8.96. The van der Waals surface area contributed by atoms with Gasteiger partial charge < -0.3 is 19.5 Å². The normalized spacial score (nSPS) is 15.5. The van der Waals surface area contributed by atoms with E-state index in [1.54, 1.807) is 24.6 Å². The van der Waals surface area contributed by atoms with Gasteiger partial charge in [0.15, 0.2) is 11.5 Å². The average molecular weight is 493 g/mol. The van der Waals surface area contributed by atoms with E-state index < -0.39 is 0 Å².